The third-order valence-corrected chi connectivity index (χ3v) is 5.90. The van der Waals surface area contributed by atoms with Crippen LogP contribution in [0.1, 0.15) is 0 Å². The van der Waals surface area contributed by atoms with Gasteiger partial charge in [-0.3, -0.25) is 10.1 Å². The van der Waals surface area contributed by atoms with Gasteiger partial charge in [0.05, 0.1) is 4.92 Å². The first-order chi connectivity index (χ1) is 9.26. The molecule has 0 bridgehead atoms. The van der Waals surface area contributed by atoms with Crippen LogP contribution in [0.4, 0.5) is 5.69 Å². The molecule has 1 fully saturated rings. The molecule has 0 spiro atoms. The average molecular weight is 340 g/mol. The lowest BCUT2D eigenvalue weighted by Crippen LogP contribution is -2.57. The van der Waals surface area contributed by atoms with Crippen molar-refractivity contribution in [1.29, 1.82) is 0 Å². The van der Waals surface area contributed by atoms with Crippen molar-refractivity contribution < 1.29 is 13.3 Å². The van der Waals surface area contributed by atoms with Gasteiger partial charge in [0.25, 0.3) is 0 Å². The molecule has 20 heavy (non-hydrogen) atoms. The fourth-order valence-electron chi connectivity index (χ4n) is 1.77. The predicted molar refractivity (Wildman–Crippen MR) is 74.7 cm³/mol. The molecule has 1 aliphatic rings. The Hall–Kier alpha value is -0.930. The molecule has 1 aromatic carbocycles. The van der Waals surface area contributed by atoms with E-state index in [9.17, 15) is 18.5 Å². The van der Waals surface area contributed by atoms with Crippen LogP contribution in [0.25, 0.3) is 0 Å². The van der Waals surface area contributed by atoms with Crippen LogP contribution in [0.15, 0.2) is 17.0 Å². The number of hydrogen-bond donors (Lipinski definition) is 1. The Morgan fingerprint density at radius 3 is 2.45 bits per heavy atom. The molecule has 2 rings (SSSR count). The summed E-state index contributed by atoms with van der Waals surface area (Å²) in [6.45, 7) is 1.06. The van der Waals surface area contributed by atoms with Crippen molar-refractivity contribution in [2.75, 3.05) is 20.1 Å². The zero-order chi connectivity index (χ0) is 15.1. The molecule has 110 valence electrons. The summed E-state index contributed by atoms with van der Waals surface area (Å²) in [4.78, 5) is 9.80. The first-order valence-corrected chi connectivity index (χ1v) is 7.77. The molecule has 0 aliphatic carbocycles. The van der Waals surface area contributed by atoms with Gasteiger partial charge in [0, 0.05) is 26.2 Å². The fourth-order valence-corrected chi connectivity index (χ4v) is 3.99. The van der Waals surface area contributed by atoms with Gasteiger partial charge in [-0.1, -0.05) is 23.2 Å². The van der Waals surface area contributed by atoms with Crippen LogP contribution in [-0.2, 0) is 10.0 Å². The molecule has 1 saturated heterocycles. The first-order valence-electron chi connectivity index (χ1n) is 5.58. The smallest absolute Gasteiger partial charge is 0.307 e. The zero-order valence-corrected chi connectivity index (χ0v) is 12.7. The van der Waals surface area contributed by atoms with Crippen LogP contribution in [0.2, 0.25) is 10.0 Å². The van der Waals surface area contributed by atoms with Gasteiger partial charge in [-0.25, -0.2) is 8.42 Å². The van der Waals surface area contributed by atoms with Gasteiger partial charge in [0.2, 0.25) is 10.0 Å². The summed E-state index contributed by atoms with van der Waals surface area (Å²) in [6.07, 6.45) is 0. The minimum atomic E-state index is -3.90. The number of sulfonamides is 1. The van der Waals surface area contributed by atoms with E-state index in [-0.39, 0.29) is 16.0 Å². The molecule has 0 saturated carbocycles. The summed E-state index contributed by atoms with van der Waals surface area (Å²) in [5.74, 6) is 0. The van der Waals surface area contributed by atoms with Crippen molar-refractivity contribution in [3.8, 4) is 0 Å². The number of rotatable bonds is 4. The van der Waals surface area contributed by atoms with Gasteiger partial charge in [-0.05, 0) is 12.1 Å². The molecule has 0 aromatic heterocycles. The number of benzene rings is 1. The molecule has 1 aromatic rings. The van der Waals surface area contributed by atoms with Gasteiger partial charge in [0.1, 0.15) is 14.9 Å². The highest BCUT2D eigenvalue weighted by molar-refractivity contribution is 7.89. The second-order valence-electron chi connectivity index (χ2n) is 4.30. The van der Waals surface area contributed by atoms with Gasteiger partial charge in [-0.2, -0.15) is 4.31 Å². The Bertz CT molecular complexity index is 661. The van der Waals surface area contributed by atoms with Crippen LogP contribution in [-0.4, -0.2) is 43.8 Å². The normalized spacial score (nSPS) is 16.2. The maximum atomic E-state index is 12.4. The second kappa shape index (κ2) is 5.45. The van der Waals surface area contributed by atoms with Gasteiger partial charge in [-0.15, -0.1) is 0 Å². The summed E-state index contributed by atoms with van der Waals surface area (Å²) in [5, 5.41) is 13.2. The van der Waals surface area contributed by atoms with Gasteiger partial charge in [0.15, 0.2) is 0 Å². The lowest BCUT2D eigenvalue weighted by atomic mass is 10.2. The number of likely N-dealkylation sites (N-methyl/N-ethyl adjacent to an activating group) is 1. The Labute approximate surface area is 125 Å². The van der Waals surface area contributed by atoms with Crippen molar-refractivity contribution in [2.45, 2.75) is 10.9 Å². The van der Waals surface area contributed by atoms with Crippen LogP contribution in [0, 0.1) is 10.1 Å². The summed E-state index contributed by atoms with van der Waals surface area (Å²) >= 11 is 11.5. The number of nitro benzene ring substituents is 1. The molecule has 0 atom stereocenters. The quantitative estimate of drug-likeness (QED) is 0.662. The number of nitrogens with zero attached hydrogens (tertiary/aromatic N) is 2. The monoisotopic (exact) mass is 339 g/mol. The van der Waals surface area contributed by atoms with Gasteiger partial charge >= 0.3 is 5.69 Å². The standard InChI is InChI=1S/C10H11Cl2N3O4S/c1-14(6-4-13-5-6)20(18,19)8-3-2-7(11)10(9(8)12)15(16)17/h2-3,6,13H,4-5H2,1H3. The molecule has 0 radical (unpaired) electrons. The summed E-state index contributed by atoms with van der Waals surface area (Å²) < 4.78 is 26.0. The minimum absolute atomic E-state index is 0.189. The highest BCUT2D eigenvalue weighted by Crippen LogP contribution is 2.38. The second-order valence-corrected chi connectivity index (χ2v) is 7.05. The predicted octanol–water partition coefficient (Wildman–Crippen LogP) is 1.49. The summed E-state index contributed by atoms with van der Waals surface area (Å²) in [5.41, 5.74) is -0.602. The summed E-state index contributed by atoms with van der Waals surface area (Å²) in [7, 11) is -2.49. The van der Waals surface area contributed by atoms with E-state index in [0.717, 1.165) is 10.4 Å². The molecule has 10 heteroatoms. The molecule has 1 N–H and O–H groups in total. The van der Waals surface area contributed by atoms with Crippen LogP contribution < -0.4 is 5.32 Å². The molecule has 0 amide bonds. The van der Waals surface area contributed by atoms with Crippen LogP contribution in [0.5, 0.6) is 0 Å². The molecule has 0 unspecified atom stereocenters. The van der Waals surface area contributed by atoms with Crippen molar-refractivity contribution in [2.24, 2.45) is 0 Å². The Morgan fingerprint density at radius 1 is 1.40 bits per heavy atom. The van der Waals surface area contributed by atoms with Crippen LogP contribution >= 0.6 is 23.2 Å². The molecular weight excluding hydrogens is 329 g/mol. The van der Waals surface area contributed by atoms with E-state index in [2.05, 4.69) is 5.32 Å². The first kappa shape index (κ1) is 15.5. The number of nitro groups is 1. The van der Waals surface area contributed by atoms with E-state index in [1.54, 1.807) is 0 Å². The average Bonchev–Trinajstić information content (AvgIpc) is 2.25. The zero-order valence-electron chi connectivity index (χ0n) is 10.3. The lowest BCUT2D eigenvalue weighted by molar-refractivity contribution is -0.384. The molecule has 7 nitrogen and oxygen atoms in total. The molecule has 1 heterocycles. The van der Waals surface area contributed by atoms with Crippen molar-refractivity contribution >= 4 is 38.9 Å². The largest absolute Gasteiger partial charge is 0.313 e. The maximum absolute atomic E-state index is 12.4. The van der Waals surface area contributed by atoms with E-state index in [4.69, 9.17) is 23.2 Å². The fraction of sp³-hybridized carbons (Fsp3) is 0.400. The van der Waals surface area contributed by atoms with Crippen LogP contribution in [0.3, 0.4) is 0 Å². The third kappa shape index (κ3) is 2.49. The number of nitrogens with one attached hydrogen (secondary N) is 1. The van der Waals surface area contributed by atoms with E-state index in [0.29, 0.717) is 13.1 Å². The highest BCUT2D eigenvalue weighted by Gasteiger charge is 2.35. The van der Waals surface area contributed by atoms with E-state index < -0.39 is 25.7 Å². The van der Waals surface area contributed by atoms with Crippen molar-refractivity contribution in [1.82, 2.24) is 9.62 Å². The maximum Gasteiger partial charge on any atom is 0.307 e. The lowest BCUT2D eigenvalue weighted by Gasteiger charge is -2.34. The van der Waals surface area contributed by atoms with Crippen molar-refractivity contribution in [3.63, 3.8) is 0 Å². The molecular formula is C10H11Cl2N3O4S. The summed E-state index contributed by atoms with van der Waals surface area (Å²) in [6, 6.07) is 2.15. The number of halogens is 2. The topological polar surface area (TPSA) is 92.6 Å². The SMILES string of the molecule is CN(C1CNC1)S(=O)(=O)c1ccc(Cl)c([N+](=O)[O-])c1Cl. The van der Waals surface area contributed by atoms with Gasteiger partial charge < -0.3 is 5.32 Å². The van der Waals surface area contributed by atoms with E-state index in [1.165, 1.54) is 13.1 Å². The Balaban J connectivity index is 2.52. The Kier molecular flexibility index (Phi) is 4.22. The van der Waals surface area contributed by atoms with E-state index >= 15 is 0 Å². The number of hydrogen-bond acceptors (Lipinski definition) is 5. The van der Waals surface area contributed by atoms with Crippen molar-refractivity contribution in [3.05, 3.63) is 32.3 Å². The molecule has 1 aliphatic heterocycles. The third-order valence-electron chi connectivity index (χ3n) is 3.15. The minimum Gasteiger partial charge on any atom is -0.313 e. The highest BCUT2D eigenvalue weighted by atomic mass is 35.5. The van der Waals surface area contributed by atoms with E-state index in [1.807, 2.05) is 0 Å². The Morgan fingerprint density at radius 2 is 2.00 bits per heavy atom.